The smallest absolute Gasteiger partial charge is 0.308 e. The van der Waals surface area contributed by atoms with Crippen molar-refractivity contribution >= 4 is 11.9 Å². The molecule has 0 radical (unpaired) electrons. The summed E-state index contributed by atoms with van der Waals surface area (Å²) in [6.45, 7) is 10.2. The van der Waals surface area contributed by atoms with Crippen LogP contribution in [0.15, 0.2) is 9.41 Å². The highest BCUT2D eigenvalue weighted by molar-refractivity contribution is 5.80. The van der Waals surface area contributed by atoms with Gasteiger partial charge in [0.1, 0.15) is 5.76 Å². The Labute approximate surface area is 186 Å². The minimum atomic E-state index is -0.0390. The van der Waals surface area contributed by atoms with Crippen molar-refractivity contribution in [2.45, 2.75) is 71.9 Å². The maximum Gasteiger partial charge on any atom is 0.308 e. The van der Waals surface area contributed by atoms with E-state index >= 15 is 0 Å². The SMILES string of the molecule is CCOC(=O)C1CCC(NC(=NC)NCC2CCN(Cc3nc(C)c(C)o3)CC2)CC1. The molecule has 1 aliphatic carbocycles. The van der Waals surface area contributed by atoms with Gasteiger partial charge in [0.2, 0.25) is 5.89 Å². The number of aliphatic imine (C=N–C) groups is 1. The summed E-state index contributed by atoms with van der Waals surface area (Å²) in [5.74, 6) is 3.27. The first-order valence-corrected chi connectivity index (χ1v) is 11.8. The zero-order valence-corrected chi connectivity index (χ0v) is 19.6. The van der Waals surface area contributed by atoms with Crippen LogP contribution in [-0.4, -0.2) is 61.1 Å². The fourth-order valence-corrected chi connectivity index (χ4v) is 4.51. The Morgan fingerprint density at radius 1 is 1.19 bits per heavy atom. The fraction of sp³-hybridized carbons (Fsp3) is 0.783. The summed E-state index contributed by atoms with van der Waals surface area (Å²) < 4.78 is 10.9. The average molecular weight is 434 g/mol. The van der Waals surface area contributed by atoms with Gasteiger partial charge in [-0.1, -0.05) is 0 Å². The lowest BCUT2D eigenvalue weighted by molar-refractivity contribution is -0.149. The summed E-state index contributed by atoms with van der Waals surface area (Å²) >= 11 is 0. The molecule has 2 N–H and O–H groups in total. The molecule has 2 fully saturated rings. The zero-order valence-electron chi connectivity index (χ0n) is 19.6. The molecule has 8 heteroatoms. The van der Waals surface area contributed by atoms with Crippen LogP contribution in [0.1, 0.15) is 62.8 Å². The summed E-state index contributed by atoms with van der Waals surface area (Å²) in [5, 5.41) is 7.06. The van der Waals surface area contributed by atoms with E-state index in [1.807, 2.05) is 27.8 Å². The predicted octanol–water partition coefficient (Wildman–Crippen LogP) is 2.79. The van der Waals surface area contributed by atoms with Crippen LogP contribution in [0.5, 0.6) is 0 Å². The van der Waals surface area contributed by atoms with Crippen LogP contribution in [0.3, 0.4) is 0 Å². The van der Waals surface area contributed by atoms with Crippen molar-refractivity contribution in [1.82, 2.24) is 20.5 Å². The van der Waals surface area contributed by atoms with Crippen molar-refractivity contribution in [3.8, 4) is 0 Å². The van der Waals surface area contributed by atoms with Gasteiger partial charge < -0.3 is 19.8 Å². The lowest BCUT2D eigenvalue weighted by Crippen LogP contribution is -2.47. The van der Waals surface area contributed by atoms with Gasteiger partial charge in [0.15, 0.2) is 5.96 Å². The zero-order chi connectivity index (χ0) is 22.2. The van der Waals surface area contributed by atoms with E-state index < -0.39 is 0 Å². The lowest BCUT2D eigenvalue weighted by atomic mass is 9.86. The molecule has 31 heavy (non-hydrogen) atoms. The van der Waals surface area contributed by atoms with Crippen molar-refractivity contribution in [3.05, 3.63) is 17.3 Å². The number of aryl methyl sites for hydroxylation is 2. The molecular formula is C23H39N5O3. The first kappa shape index (κ1) is 23.6. The van der Waals surface area contributed by atoms with Crippen LogP contribution in [0.25, 0.3) is 0 Å². The molecule has 2 aliphatic rings. The Hall–Kier alpha value is -2.09. The number of piperidine rings is 1. The van der Waals surface area contributed by atoms with E-state index in [1.165, 1.54) is 0 Å². The van der Waals surface area contributed by atoms with E-state index in [2.05, 4.69) is 25.5 Å². The molecule has 1 saturated heterocycles. The first-order chi connectivity index (χ1) is 15.0. The van der Waals surface area contributed by atoms with Crippen LogP contribution < -0.4 is 10.6 Å². The van der Waals surface area contributed by atoms with Gasteiger partial charge in [-0.2, -0.15) is 0 Å². The predicted molar refractivity (Wildman–Crippen MR) is 121 cm³/mol. The summed E-state index contributed by atoms with van der Waals surface area (Å²) in [6.07, 6.45) is 6.04. The molecule has 8 nitrogen and oxygen atoms in total. The third-order valence-electron chi connectivity index (χ3n) is 6.61. The van der Waals surface area contributed by atoms with E-state index in [-0.39, 0.29) is 11.9 Å². The number of guanidine groups is 1. The average Bonchev–Trinajstić information content (AvgIpc) is 3.09. The number of hydrogen-bond donors (Lipinski definition) is 2. The molecule has 3 rings (SSSR count). The van der Waals surface area contributed by atoms with E-state index in [1.54, 1.807) is 0 Å². The van der Waals surface area contributed by atoms with Crippen molar-refractivity contribution < 1.29 is 13.9 Å². The van der Waals surface area contributed by atoms with Gasteiger partial charge in [-0.15, -0.1) is 0 Å². The number of carbonyl (C=O) groups is 1. The Balaban J connectivity index is 1.34. The maximum absolute atomic E-state index is 11.9. The minimum Gasteiger partial charge on any atom is -0.466 e. The van der Waals surface area contributed by atoms with Crippen molar-refractivity contribution in [3.63, 3.8) is 0 Å². The third-order valence-corrected chi connectivity index (χ3v) is 6.61. The number of likely N-dealkylation sites (tertiary alicyclic amines) is 1. The largest absolute Gasteiger partial charge is 0.466 e. The second-order valence-electron chi connectivity index (χ2n) is 8.87. The Bertz CT molecular complexity index is 712. The number of rotatable bonds is 7. The number of aromatic nitrogens is 1. The monoisotopic (exact) mass is 433 g/mol. The molecule has 0 amide bonds. The highest BCUT2D eigenvalue weighted by atomic mass is 16.5. The van der Waals surface area contributed by atoms with E-state index in [0.717, 1.165) is 88.0 Å². The quantitative estimate of drug-likeness (QED) is 0.388. The number of nitrogens with zero attached hydrogens (tertiary/aromatic N) is 3. The van der Waals surface area contributed by atoms with Gasteiger partial charge in [-0.25, -0.2) is 4.98 Å². The van der Waals surface area contributed by atoms with E-state index in [0.29, 0.717) is 18.6 Å². The third kappa shape index (κ3) is 6.95. The first-order valence-electron chi connectivity index (χ1n) is 11.8. The normalized spacial score (nSPS) is 23.5. The standard InChI is InChI=1S/C23H39N5O3/c1-5-30-22(29)19-6-8-20(9-7-19)27-23(24-4)25-14-18-10-12-28(13-11-18)15-21-26-16(2)17(3)31-21/h18-20H,5-15H2,1-4H3,(H2,24,25,27). The van der Waals surface area contributed by atoms with Crippen LogP contribution in [-0.2, 0) is 16.1 Å². The van der Waals surface area contributed by atoms with Gasteiger partial charge in [0.05, 0.1) is 24.8 Å². The van der Waals surface area contributed by atoms with Crippen LogP contribution in [0, 0.1) is 25.7 Å². The molecule has 1 aromatic heterocycles. The summed E-state index contributed by atoms with van der Waals surface area (Å²) in [6, 6.07) is 0.367. The molecule has 0 unspecified atom stereocenters. The van der Waals surface area contributed by atoms with Crippen molar-refractivity contribution in [2.75, 3.05) is 33.3 Å². The number of esters is 1. The van der Waals surface area contributed by atoms with Gasteiger partial charge in [-0.05, 0) is 78.3 Å². The number of carbonyl (C=O) groups excluding carboxylic acids is 1. The van der Waals surface area contributed by atoms with Gasteiger partial charge in [0, 0.05) is 19.6 Å². The van der Waals surface area contributed by atoms with Crippen LogP contribution in [0.2, 0.25) is 0 Å². The van der Waals surface area contributed by atoms with Gasteiger partial charge >= 0.3 is 5.97 Å². The molecule has 174 valence electrons. The highest BCUT2D eigenvalue weighted by Crippen LogP contribution is 2.25. The Morgan fingerprint density at radius 3 is 2.48 bits per heavy atom. The topological polar surface area (TPSA) is 92.0 Å². The van der Waals surface area contributed by atoms with E-state index in [4.69, 9.17) is 9.15 Å². The Kier molecular flexibility index (Phi) is 8.75. The molecule has 0 bridgehead atoms. The molecule has 0 aromatic carbocycles. The number of hydrogen-bond acceptors (Lipinski definition) is 6. The lowest BCUT2D eigenvalue weighted by Gasteiger charge is -2.32. The van der Waals surface area contributed by atoms with Crippen LogP contribution >= 0.6 is 0 Å². The maximum atomic E-state index is 11.9. The van der Waals surface area contributed by atoms with Crippen LogP contribution in [0.4, 0.5) is 0 Å². The minimum absolute atomic E-state index is 0.0390. The molecule has 1 aromatic rings. The number of ether oxygens (including phenoxy) is 1. The highest BCUT2D eigenvalue weighted by Gasteiger charge is 2.28. The molecule has 2 heterocycles. The summed E-state index contributed by atoms with van der Waals surface area (Å²) in [4.78, 5) is 23.2. The second kappa shape index (κ2) is 11.5. The molecule has 0 atom stereocenters. The van der Waals surface area contributed by atoms with Crippen molar-refractivity contribution in [1.29, 1.82) is 0 Å². The summed E-state index contributed by atoms with van der Waals surface area (Å²) in [5.41, 5.74) is 0.988. The molecule has 1 saturated carbocycles. The summed E-state index contributed by atoms with van der Waals surface area (Å²) in [7, 11) is 1.82. The fourth-order valence-electron chi connectivity index (χ4n) is 4.51. The van der Waals surface area contributed by atoms with Gasteiger partial charge in [-0.3, -0.25) is 14.7 Å². The Morgan fingerprint density at radius 2 is 1.90 bits per heavy atom. The van der Waals surface area contributed by atoms with Crippen molar-refractivity contribution in [2.24, 2.45) is 16.8 Å². The van der Waals surface area contributed by atoms with E-state index in [9.17, 15) is 4.79 Å². The number of nitrogens with one attached hydrogen (secondary N) is 2. The molecule has 1 aliphatic heterocycles. The number of oxazole rings is 1. The molecular weight excluding hydrogens is 394 g/mol. The molecule has 0 spiro atoms. The second-order valence-corrected chi connectivity index (χ2v) is 8.87. The van der Waals surface area contributed by atoms with Gasteiger partial charge in [0.25, 0.3) is 0 Å².